The number of hydrogen-bond acceptors (Lipinski definition) is 4. The third-order valence-corrected chi connectivity index (χ3v) is 5.36. The van der Waals surface area contributed by atoms with Crippen molar-refractivity contribution in [3.63, 3.8) is 0 Å². The fraction of sp³-hybridized carbons (Fsp3) is 0.235. The van der Waals surface area contributed by atoms with E-state index in [-0.39, 0.29) is 10.5 Å². The van der Waals surface area contributed by atoms with E-state index in [0.29, 0.717) is 27.6 Å². The van der Waals surface area contributed by atoms with Crippen molar-refractivity contribution in [2.45, 2.75) is 25.7 Å². The average Bonchev–Trinajstić information content (AvgIpc) is 2.51. The molecule has 0 aliphatic carbocycles. The zero-order chi connectivity index (χ0) is 18.9. The Balaban J connectivity index is 2.47. The van der Waals surface area contributed by atoms with Crippen molar-refractivity contribution in [2.75, 3.05) is 12.4 Å². The van der Waals surface area contributed by atoms with Crippen molar-refractivity contribution < 1.29 is 17.9 Å². The van der Waals surface area contributed by atoms with Gasteiger partial charge in [-0.15, -0.1) is 0 Å². The van der Waals surface area contributed by atoms with Gasteiger partial charge in [-0.2, -0.15) is 0 Å². The first-order valence-corrected chi connectivity index (χ1v) is 9.26. The molecule has 0 saturated heterocycles. The lowest BCUT2D eigenvalue weighted by molar-refractivity contribution is 0.102. The summed E-state index contributed by atoms with van der Waals surface area (Å²) in [7, 11) is -2.47. The Kier molecular flexibility index (Phi) is 5.41. The zero-order valence-corrected chi connectivity index (χ0v) is 15.9. The van der Waals surface area contributed by atoms with Gasteiger partial charge in [0.05, 0.1) is 17.7 Å². The monoisotopic (exact) mass is 382 g/mol. The molecule has 0 heterocycles. The number of rotatable bonds is 4. The second-order valence-corrected chi connectivity index (χ2v) is 7.65. The summed E-state index contributed by atoms with van der Waals surface area (Å²) in [6.07, 6.45) is 0. The summed E-state index contributed by atoms with van der Waals surface area (Å²) in [5, 5.41) is 8.46. The number of amides is 1. The van der Waals surface area contributed by atoms with Gasteiger partial charge in [0.1, 0.15) is 5.75 Å². The summed E-state index contributed by atoms with van der Waals surface area (Å²) in [5.74, 6) is -0.0764. The van der Waals surface area contributed by atoms with Crippen LogP contribution in [-0.2, 0) is 10.0 Å². The summed E-state index contributed by atoms with van der Waals surface area (Å²) in [4.78, 5) is 12.5. The summed E-state index contributed by atoms with van der Waals surface area (Å²) in [6, 6.07) is 6.15. The Bertz CT molecular complexity index is 956. The van der Waals surface area contributed by atoms with E-state index in [1.165, 1.54) is 13.2 Å². The molecule has 6 nitrogen and oxygen atoms in total. The van der Waals surface area contributed by atoms with Gasteiger partial charge in [-0.25, -0.2) is 13.6 Å². The highest BCUT2D eigenvalue weighted by Gasteiger charge is 2.18. The molecule has 0 fully saturated rings. The molecule has 0 aliphatic heterocycles. The van der Waals surface area contributed by atoms with Crippen LogP contribution in [0.15, 0.2) is 29.2 Å². The van der Waals surface area contributed by atoms with Gasteiger partial charge >= 0.3 is 0 Å². The number of halogens is 1. The molecular formula is C17H19ClN2O4S. The number of nitrogens with one attached hydrogen (secondary N) is 1. The number of nitrogens with two attached hydrogens (primary N) is 1. The first-order chi connectivity index (χ1) is 11.5. The van der Waals surface area contributed by atoms with Gasteiger partial charge in [0.15, 0.2) is 0 Å². The fourth-order valence-electron chi connectivity index (χ4n) is 2.38. The molecule has 0 unspecified atom stereocenters. The van der Waals surface area contributed by atoms with Crippen molar-refractivity contribution in [3.8, 4) is 5.75 Å². The van der Waals surface area contributed by atoms with E-state index >= 15 is 0 Å². The van der Waals surface area contributed by atoms with Gasteiger partial charge in [0.25, 0.3) is 5.91 Å². The van der Waals surface area contributed by atoms with E-state index in [2.05, 4.69) is 5.32 Å². The van der Waals surface area contributed by atoms with E-state index in [1.807, 2.05) is 0 Å². The van der Waals surface area contributed by atoms with Gasteiger partial charge in [0, 0.05) is 16.7 Å². The molecule has 0 aromatic heterocycles. The lowest BCUT2D eigenvalue weighted by atomic mass is 10.1. The van der Waals surface area contributed by atoms with Gasteiger partial charge in [-0.1, -0.05) is 11.6 Å². The zero-order valence-electron chi connectivity index (χ0n) is 14.3. The second-order valence-electron chi connectivity index (χ2n) is 5.72. The average molecular weight is 383 g/mol. The van der Waals surface area contributed by atoms with Crippen LogP contribution in [0.25, 0.3) is 0 Å². The number of sulfonamides is 1. The molecule has 0 aliphatic rings. The highest BCUT2D eigenvalue weighted by Crippen LogP contribution is 2.31. The van der Waals surface area contributed by atoms with E-state index in [9.17, 15) is 13.2 Å². The molecule has 3 N–H and O–H groups in total. The number of anilines is 1. The summed E-state index contributed by atoms with van der Waals surface area (Å²) in [6.45, 7) is 5.16. The lowest BCUT2D eigenvalue weighted by Gasteiger charge is -2.14. The Labute approximate surface area is 152 Å². The number of carbonyl (C=O) groups excluding carboxylic acids is 1. The number of methoxy groups -OCH3 is 1. The molecule has 2 aromatic rings. The number of primary sulfonamides is 1. The predicted octanol–water partition coefficient (Wildman–Crippen LogP) is 3.17. The molecule has 134 valence electrons. The highest BCUT2D eigenvalue weighted by atomic mass is 35.5. The van der Waals surface area contributed by atoms with Crippen LogP contribution in [0.3, 0.4) is 0 Å². The summed E-state index contributed by atoms with van der Waals surface area (Å²) >= 11 is 6.05. The molecule has 0 atom stereocenters. The molecule has 0 radical (unpaired) electrons. The topological polar surface area (TPSA) is 98.5 Å². The minimum atomic E-state index is -3.93. The normalized spacial score (nSPS) is 11.3. The maximum atomic E-state index is 12.6. The quantitative estimate of drug-likeness (QED) is 0.848. The first kappa shape index (κ1) is 19.2. The van der Waals surface area contributed by atoms with E-state index in [4.69, 9.17) is 21.5 Å². The van der Waals surface area contributed by atoms with Crippen LogP contribution in [-0.4, -0.2) is 21.4 Å². The van der Waals surface area contributed by atoms with Gasteiger partial charge in [0.2, 0.25) is 10.0 Å². The van der Waals surface area contributed by atoms with Gasteiger partial charge in [-0.05, 0) is 55.7 Å². The van der Waals surface area contributed by atoms with Crippen LogP contribution in [0.4, 0.5) is 5.69 Å². The third-order valence-electron chi connectivity index (χ3n) is 3.92. The molecule has 1 amide bonds. The summed E-state index contributed by atoms with van der Waals surface area (Å²) in [5.41, 5.74) is 2.55. The number of carbonyl (C=O) groups is 1. The minimum absolute atomic E-state index is 0.0723. The first-order valence-electron chi connectivity index (χ1n) is 7.34. The Morgan fingerprint density at radius 3 is 2.32 bits per heavy atom. The van der Waals surface area contributed by atoms with Gasteiger partial charge in [-0.3, -0.25) is 4.79 Å². The van der Waals surface area contributed by atoms with Crippen LogP contribution < -0.4 is 15.2 Å². The molecule has 0 bridgehead atoms. The Morgan fingerprint density at radius 2 is 1.76 bits per heavy atom. The molecule has 2 rings (SSSR count). The van der Waals surface area contributed by atoms with Crippen molar-refractivity contribution in [2.24, 2.45) is 5.14 Å². The van der Waals surface area contributed by atoms with Crippen molar-refractivity contribution >= 4 is 33.2 Å². The maximum Gasteiger partial charge on any atom is 0.255 e. The third kappa shape index (κ3) is 4.12. The molecule has 2 aromatic carbocycles. The maximum absolute atomic E-state index is 12.6. The molecule has 8 heteroatoms. The number of benzene rings is 2. The molecule has 25 heavy (non-hydrogen) atoms. The Hall–Kier alpha value is -2.09. The SMILES string of the molecule is COc1cc(Cl)c(C)cc1NC(=O)c1cc(C)c(C)c(S(N)(=O)=O)c1. The Morgan fingerprint density at radius 1 is 1.12 bits per heavy atom. The van der Waals surface area contributed by atoms with Crippen molar-refractivity contribution in [3.05, 3.63) is 51.5 Å². The van der Waals surface area contributed by atoms with Crippen LogP contribution in [0.2, 0.25) is 5.02 Å². The van der Waals surface area contributed by atoms with Crippen molar-refractivity contribution in [1.29, 1.82) is 0 Å². The van der Waals surface area contributed by atoms with E-state index in [1.54, 1.807) is 39.0 Å². The number of ether oxygens (including phenoxy) is 1. The van der Waals surface area contributed by atoms with Gasteiger partial charge < -0.3 is 10.1 Å². The largest absolute Gasteiger partial charge is 0.495 e. The van der Waals surface area contributed by atoms with Crippen LogP contribution in [0.5, 0.6) is 5.75 Å². The molecular weight excluding hydrogens is 364 g/mol. The van der Waals surface area contributed by atoms with Crippen LogP contribution in [0.1, 0.15) is 27.0 Å². The number of hydrogen-bond donors (Lipinski definition) is 2. The van der Waals surface area contributed by atoms with Crippen LogP contribution >= 0.6 is 11.6 Å². The molecule has 0 saturated carbocycles. The van der Waals surface area contributed by atoms with Crippen molar-refractivity contribution in [1.82, 2.24) is 0 Å². The summed E-state index contributed by atoms with van der Waals surface area (Å²) < 4.78 is 28.7. The van der Waals surface area contributed by atoms with E-state index < -0.39 is 15.9 Å². The second kappa shape index (κ2) is 7.03. The standard InChI is InChI=1S/C17H19ClN2O4S/c1-9-5-12(7-16(11(9)3)25(19,22)23)17(21)20-14-6-10(2)13(18)8-15(14)24-4/h5-8H,1-4H3,(H,20,21)(H2,19,22,23). The lowest BCUT2D eigenvalue weighted by Crippen LogP contribution is -2.18. The minimum Gasteiger partial charge on any atom is -0.495 e. The van der Waals surface area contributed by atoms with E-state index in [0.717, 1.165) is 5.56 Å². The predicted molar refractivity (Wildman–Crippen MR) is 98.0 cm³/mol. The fourth-order valence-corrected chi connectivity index (χ4v) is 3.41. The van der Waals surface area contributed by atoms with Crippen LogP contribution in [0, 0.1) is 20.8 Å². The highest BCUT2D eigenvalue weighted by molar-refractivity contribution is 7.89. The number of aryl methyl sites for hydroxylation is 2. The smallest absolute Gasteiger partial charge is 0.255 e. The molecule has 0 spiro atoms.